The Morgan fingerprint density at radius 1 is 1.41 bits per heavy atom. The molecule has 4 heteroatoms. The Bertz CT molecular complexity index is 385. The maximum absolute atomic E-state index is 11.4. The monoisotopic (exact) mass is 254 g/mol. The molecular formula is C13H19ClN2O. The minimum absolute atomic E-state index is 0.132. The Morgan fingerprint density at radius 3 is 2.41 bits per heavy atom. The van der Waals surface area contributed by atoms with Gasteiger partial charge in [-0.25, -0.2) is 0 Å². The lowest BCUT2D eigenvalue weighted by molar-refractivity contribution is -0.122. The third kappa shape index (κ3) is 4.02. The minimum atomic E-state index is -0.476. The SMILES string of the molecule is CC(N)C(=O)NCC(C)(C)c1ccc(Cl)cc1. The molecule has 3 N–H and O–H groups in total. The van der Waals surface area contributed by atoms with Crippen molar-refractivity contribution in [3.8, 4) is 0 Å². The third-order valence-corrected chi connectivity index (χ3v) is 3.00. The van der Waals surface area contributed by atoms with Gasteiger partial charge in [0.25, 0.3) is 0 Å². The second-order valence-corrected chi connectivity index (χ2v) is 5.33. The Balaban J connectivity index is 2.68. The zero-order valence-electron chi connectivity index (χ0n) is 10.5. The number of rotatable bonds is 4. The molecule has 3 nitrogen and oxygen atoms in total. The fourth-order valence-electron chi connectivity index (χ4n) is 1.47. The molecule has 1 unspecified atom stereocenters. The minimum Gasteiger partial charge on any atom is -0.354 e. The van der Waals surface area contributed by atoms with E-state index in [0.29, 0.717) is 11.6 Å². The Labute approximate surface area is 107 Å². The van der Waals surface area contributed by atoms with Crippen molar-refractivity contribution >= 4 is 17.5 Å². The Morgan fingerprint density at radius 2 is 1.94 bits per heavy atom. The highest BCUT2D eigenvalue weighted by Gasteiger charge is 2.21. The molecule has 1 amide bonds. The first-order valence-electron chi connectivity index (χ1n) is 5.62. The highest BCUT2D eigenvalue weighted by Crippen LogP contribution is 2.23. The van der Waals surface area contributed by atoms with E-state index in [2.05, 4.69) is 19.2 Å². The van der Waals surface area contributed by atoms with E-state index < -0.39 is 6.04 Å². The number of hydrogen-bond acceptors (Lipinski definition) is 2. The largest absolute Gasteiger partial charge is 0.354 e. The lowest BCUT2D eigenvalue weighted by atomic mass is 9.84. The molecule has 0 fully saturated rings. The van der Waals surface area contributed by atoms with Crippen molar-refractivity contribution in [3.05, 3.63) is 34.9 Å². The fourth-order valence-corrected chi connectivity index (χ4v) is 1.60. The number of benzene rings is 1. The lowest BCUT2D eigenvalue weighted by Gasteiger charge is -2.26. The summed E-state index contributed by atoms with van der Waals surface area (Å²) in [6.07, 6.45) is 0. The van der Waals surface area contributed by atoms with E-state index in [1.165, 1.54) is 0 Å². The molecule has 0 aliphatic rings. The zero-order chi connectivity index (χ0) is 13.1. The van der Waals surface area contributed by atoms with Crippen molar-refractivity contribution in [2.75, 3.05) is 6.54 Å². The molecule has 0 aliphatic heterocycles. The van der Waals surface area contributed by atoms with Crippen LogP contribution in [-0.4, -0.2) is 18.5 Å². The van der Waals surface area contributed by atoms with Crippen LogP contribution < -0.4 is 11.1 Å². The average Bonchev–Trinajstić information content (AvgIpc) is 2.26. The number of hydrogen-bond donors (Lipinski definition) is 2. The van der Waals surface area contributed by atoms with E-state index >= 15 is 0 Å². The summed E-state index contributed by atoms with van der Waals surface area (Å²) in [6, 6.07) is 7.18. The van der Waals surface area contributed by atoms with Gasteiger partial charge in [0.05, 0.1) is 6.04 Å². The molecule has 0 heterocycles. The first-order valence-corrected chi connectivity index (χ1v) is 6.00. The number of amides is 1. The smallest absolute Gasteiger partial charge is 0.236 e. The molecule has 1 rings (SSSR count). The van der Waals surface area contributed by atoms with Gasteiger partial charge in [0.1, 0.15) is 0 Å². The van der Waals surface area contributed by atoms with Crippen molar-refractivity contribution in [3.63, 3.8) is 0 Å². The summed E-state index contributed by atoms with van der Waals surface area (Å²) < 4.78 is 0. The molecule has 0 aliphatic carbocycles. The van der Waals surface area contributed by atoms with Gasteiger partial charge in [-0.1, -0.05) is 37.6 Å². The van der Waals surface area contributed by atoms with Crippen LogP contribution in [0.4, 0.5) is 0 Å². The van der Waals surface area contributed by atoms with Crippen LogP contribution in [0.3, 0.4) is 0 Å². The summed E-state index contributed by atoms with van der Waals surface area (Å²) in [5.41, 5.74) is 6.48. The van der Waals surface area contributed by atoms with Gasteiger partial charge in [0, 0.05) is 17.0 Å². The maximum atomic E-state index is 11.4. The molecule has 1 atom stereocenters. The van der Waals surface area contributed by atoms with Crippen LogP contribution in [0, 0.1) is 0 Å². The standard InChI is InChI=1S/C13H19ClN2O/c1-9(15)12(17)16-8-13(2,3)10-4-6-11(14)7-5-10/h4-7,9H,8,15H2,1-3H3,(H,16,17). The van der Waals surface area contributed by atoms with E-state index in [0.717, 1.165) is 5.56 Å². The average molecular weight is 255 g/mol. The maximum Gasteiger partial charge on any atom is 0.236 e. The molecule has 0 saturated carbocycles. The van der Waals surface area contributed by atoms with Crippen LogP contribution in [-0.2, 0) is 10.2 Å². The zero-order valence-corrected chi connectivity index (χ0v) is 11.2. The van der Waals surface area contributed by atoms with Crippen molar-refractivity contribution < 1.29 is 4.79 Å². The van der Waals surface area contributed by atoms with Gasteiger partial charge in [0.15, 0.2) is 0 Å². The first-order chi connectivity index (χ1) is 7.83. The van der Waals surface area contributed by atoms with Crippen LogP contribution in [0.2, 0.25) is 5.02 Å². The molecular weight excluding hydrogens is 236 g/mol. The summed E-state index contributed by atoms with van der Waals surface area (Å²) in [4.78, 5) is 11.4. The molecule has 0 aromatic heterocycles. The van der Waals surface area contributed by atoms with Crippen LogP contribution in [0.15, 0.2) is 24.3 Å². The Kier molecular flexibility index (Phi) is 4.54. The van der Waals surface area contributed by atoms with Gasteiger partial charge in [-0.15, -0.1) is 0 Å². The van der Waals surface area contributed by atoms with E-state index in [9.17, 15) is 4.79 Å². The molecule has 0 saturated heterocycles. The summed E-state index contributed by atoms with van der Waals surface area (Å²) >= 11 is 5.84. The van der Waals surface area contributed by atoms with Crippen molar-refractivity contribution in [2.45, 2.75) is 32.2 Å². The number of carbonyl (C=O) groups excluding carboxylic acids is 1. The van der Waals surface area contributed by atoms with E-state index in [-0.39, 0.29) is 11.3 Å². The molecule has 0 radical (unpaired) electrons. The van der Waals surface area contributed by atoms with Crippen LogP contribution in [0.5, 0.6) is 0 Å². The number of halogens is 1. The third-order valence-electron chi connectivity index (χ3n) is 2.74. The molecule has 1 aromatic carbocycles. The van der Waals surface area contributed by atoms with Gasteiger partial charge in [0.2, 0.25) is 5.91 Å². The first kappa shape index (κ1) is 14.0. The number of carbonyl (C=O) groups is 1. The number of nitrogens with two attached hydrogens (primary N) is 1. The summed E-state index contributed by atoms with van der Waals surface area (Å²) in [6.45, 7) is 6.36. The topological polar surface area (TPSA) is 55.1 Å². The van der Waals surface area contributed by atoms with Crippen molar-refractivity contribution in [1.29, 1.82) is 0 Å². The van der Waals surface area contributed by atoms with Gasteiger partial charge in [-0.2, -0.15) is 0 Å². The van der Waals surface area contributed by atoms with Crippen molar-refractivity contribution in [2.24, 2.45) is 5.73 Å². The predicted octanol–water partition coefficient (Wildman–Crippen LogP) is 2.08. The fraction of sp³-hybridized carbons (Fsp3) is 0.462. The van der Waals surface area contributed by atoms with E-state index in [1.807, 2.05) is 24.3 Å². The van der Waals surface area contributed by atoms with E-state index in [1.54, 1.807) is 6.92 Å². The molecule has 94 valence electrons. The second kappa shape index (κ2) is 5.52. The molecule has 17 heavy (non-hydrogen) atoms. The highest BCUT2D eigenvalue weighted by molar-refractivity contribution is 6.30. The number of nitrogens with one attached hydrogen (secondary N) is 1. The van der Waals surface area contributed by atoms with Gasteiger partial charge in [-0.05, 0) is 24.6 Å². The Hall–Kier alpha value is -1.06. The second-order valence-electron chi connectivity index (χ2n) is 4.90. The van der Waals surface area contributed by atoms with Crippen molar-refractivity contribution in [1.82, 2.24) is 5.32 Å². The van der Waals surface area contributed by atoms with Gasteiger partial charge < -0.3 is 11.1 Å². The summed E-state index contributed by atoms with van der Waals surface area (Å²) in [5.74, 6) is -0.132. The molecule has 1 aromatic rings. The summed E-state index contributed by atoms with van der Waals surface area (Å²) in [5, 5.41) is 3.55. The van der Waals surface area contributed by atoms with E-state index in [4.69, 9.17) is 17.3 Å². The highest BCUT2D eigenvalue weighted by atomic mass is 35.5. The van der Waals surface area contributed by atoms with Gasteiger partial charge >= 0.3 is 0 Å². The lowest BCUT2D eigenvalue weighted by Crippen LogP contribution is -2.43. The summed E-state index contributed by atoms with van der Waals surface area (Å²) in [7, 11) is 0. The molecule has 0 spiro atoms. The normalized spacial score (nSPS) is 13.2. The van der Waals surface area contributed by atoms with Crippen LogP contribution >= 0.6 is 11.6 Å². The van der Waals surface area contributed by atoms with Crippen LogP contribution in [0.1, 0.15) is 26.3 Å². The molecule has 0 bridgehead atoms. The van der Waals surface area contributed by atoms with Crippen LogP contribution in [0.25, 0.3) is 0 Å². The quantitative estimate of drug-likeness (QED) is 0.865. The van der Waals surface area contributed by atoms with Gasteiger partial charge in [-0.3, -0.25) is 4.79 Å². The predicted molar refractivity (Wildman–Crippen MR) is 71.1 cm³/mol.